The minimum absolute atomic E-state index is 0.00164. The molecular formula is C26H36ClN3O4S. The van der Waals surface area contributed by atoms with Gasteiger partial charge in [0.1, 0.15) is 18.9 Å². The second-order valence-corrected chi connectivity index (χ2v) is 11.2. The van der Waals surface area contributed by atoms with Crippen molar-refractivity contribution < 1.29 is 19.1 Å². The van der Waals surface area contributed by atoms with Gasteiger partial charge in [-0.2, -0.15) is 0 Å². The molecule has 35 heavy (non-hydrogen) atoms. The maximum Gasteiger partial charge on any atom is 0.318 e. The molecule has 3 rings (SSSR count). The topological polar surface area (TPSA) is 71.1 Å². The summed E-state index contributed by atoms with van der Waals surface area (Å²) in [4.78, 5) is 31.2. The van der Waals surface area contributed by atoms with Crippen LogP contribution in [0.3, 0.4) is 0 Å². The number of urea groups is 1. The smallest absolute Gasteiger partial charge is 0.318 e. The fourth-order valence-electron chi connectivity index (χ4n) is 4.06. The van der Waals surface area contributed by atoms with E-state index in [1.807, 2.05) is 50.8 Å². The molecule has 2 heterocycles. The van der Waals surface area contributed by atoms with Crippen LogP contribution in [-0.2, 0) is 16.0 Å². The lowest BCUT2D eigenvalue weighted by molar-refractivity contribution is -0.135. The number of benzene rings is 1. The Morgan fingerprint density at radius 2 is 2.06 bits per heavy atom. The predicted octanol–water partition coefficient (Wildman–Crippen LogP) is 5.06. The van der Waals surface area contributed by atoms with E-state index in [0.717, 1.165) is 17.5 Å². The molecular weight excluding hydrogens is 486 g/mol. The number of methoxy groups -OCH3 is 1. The monoisotopic (exact) mass is 521 g/mol. The van der Waals surface area contributed by atoms with E-state index in [4.69, 9.17) is 21.1 Å². The van der Waals surface area contributed by atoms with Crippen LogP contribution >= 0.6 is 22.9 Å². The van der Waals surface area contributed by atoms with Gasteiger partial charge in [0.15, 0.2) is 0 Å². The SMILES string of the molecule is COCCCN(CC(=O)N1CCc2sccc2[C@H]1COc1ccc(Cl)c(C)c1)C(=O)NC(C)(C)C. The Morgan fingerprint density at radius 3 is 2.74 bits per heavy atom. The molecule has 0 unspecified atom stereocenters. The number of thiophene rings is 1. The first-order chi connectivity index (χ1) is 16.6. The minimum atomic E-state index is -0.399. The van der Waals surface area contributed by atoms with Gasteiger partial charge in [-0.05, 0) is 81.3 Å². The highest BCUT2D eigenvalue weighted by Crippen LogP contribution is 2.34. The number of aryl methyl sites for hydroxylation is 1. The molecule has 1 aromatic carbocycles. The molecule has 9 heteroatoms. The predicted molar refractivity (Wildman–Crippen MR) is 141 cm³/mol. The number of hydrogen-bond acceptors (Lipinski definition) is 5. The largest absolute Gasteiger partial charge is 0.491 e. The zero-order chi connectivity index (χ0) is 25.6. The van der Waals surface area contributed by atoms with Gasteiger partial charge >= 0.3 is 6.03 Å². The van der Waals surface area contributed by atoms with E-state index in [0.29, 0.717) is 43.5 Å². The van der Waals surface area contributed by atoms with Crippen molar-refractivity contribution in [3.05, 3.63) is 50.7 Å². The van der Waals surface area contributed by atoms with E-state index >= 15 is 0 Å². The van der Waals surface area contributed by atoms with Crippen molar-refractivity contribution in [1.29, 1.82) is 0 Å². The van der Waals surface area contributed by atoms with Crippen molar-refractivity contribution >= 4 is 34.9 Å². The highest BCUT2D eigenvalue weighted by Gasteiger charge is 2.34. The third-order valence-electron chi connectivity index (χ3n) is 5.82. The first-order valence-electron chi connectivity index (χ1n) is 11.9. The molecule has 0 bridgehead atoms. The summed E-state index contributed by atoms with van der Waals surface area (Å²) in [6, 6.07) is 7.16. The number of fused-ring (bicyclic) bond motifs is 1. The molecule has 7 nitrogen and oxygen atoms in total. The highest BCUT2D eigenvalue weighted by molar-refractivity contribution is 7.10. The lowest BCUT2D eigenvalue weighted by Crippen LogP contribution is -2.53. The number of hydrogen-bond donors (Lipinski definition) is 1. The van der Waals surface area contributed by atoms with Gasteiger partial charge in [0.2, 0.25) is 5.91 Å². The van der Waals surface area contributed by atoms with Crippen LogP contribution in [0, 0.1) is 6.92 Å². The van der Waals surface area contributed by atoms with Crippen LogP contribution in [0.5, 0.6) is 5.75 Å². The van der Waals surface area contributed by atoms with Crippen molar-refractivity contribution in [2.75, 3.05) is 40.0 Å². The number of halogens is 1. The molecule has 0 aliphatic carbocycles. The van der Waals surface area contributed by atoms with Crippen LogP contribution in [0.25, 0.3) is 0 Å². The first-order valence-corrected chi connectivity index (χ1v) is 13.2. The van der Waals surface area contributed by atoms with Crippen LogP contribution in [0.4, 0.5) is 4.79 Å². The molecule has 1 aliphatic rings. The van der Waals surface area contributed by atoms with E-state index < -0.39 is 5.54 Å². The van der Waals surface area contributed by atoms with Gasteiger partial charge in [-0.15, -0.1) is 11.3 Å². The number of nitrogens with one attached hydrogen (secondary N) is 1. The Morgan fingerprint density at radius 1 is 1.29 bits per heavy atom. The van der Waals surface area contributed by atoms with Gasteiger partial charge in [-0.3, -0.25) is 4.79 Å². The standard InChI is InChI=1S/C26H36ClN3O4S/c1-18-15-19(7-8-21(18)27)34-17-22-20-10-14-35-23(20)9-12-30(22)24(31)16-29(11-6-13-33-5)25(32)28-26(2,3)4/h7-8,10,14-15,22H,6,9,11-13,16-17H2,1-5H3,(H,28,32)/t22-/m1/s1. The maximum absolute atomic E-state index is 13.6. The van der Waals surface area contributed by atoms with Gasteiger partial charge in [0.05, 0.1) is 6.04 Å². The molecule has 0 spiro atoms. The van der Waals surface area contributed by atoms with Crippen LogP contribution in [0.15, 0.2) is 29.6 Å². The molecule has 0 saturated heterocycles. The lowest BCUT2D eigenvalue weighted by atomic mass is 10.0. The zero-order valence-corrected chi connectivity index (χ0v) is 22.8. The van der Waals surface area contributed by atoms with Gasteiger partial charge in [-0.1, -0.05) is 11.6 Å². The van der Waals surface area contributed by atoms with E-state index in [1.165, 1.54) is 4.88 Å². The van der Waals surface area contributed by atoms with Crippen molar-refractivity contribution in [3.8, 4) is 5.75 Å². The Bertz CT molecular complexity index is 1020. The minimum Gasteiger partial charge on any atom is -0.491 e. The fraction of sp³-hybridized carbons (Fsp3) is 0.538. The molecule has 1 N–H and O–H groups in total. The summed E-state index contributed by atoms with van der Waals surface area (Å²) in [6.45, 7) is 9.58. The summed E-state index contributed by atoms with van der Waals surface area (Å²) in [6.07, 6.45) is 1.45. The zero-order valence-electron chi connectivity index (χ0n) is 21.2. The molecule has 0 radical (unpaired) electrons. The number of carbonyl (C=O) groups excluding carboxylic acids is 2. The van der Waals surface area contributed by atoms with E-state index in [9.17, 15) is 9.59 Å². The molecule has 0 saturated carbocycles. The van der Waals surface area contributed by atoms with Crippen LogP contribution in [0.2, 0.25) is 5.02 Å². The second kappa shape index (κ2) is 12.1. The van der Waals surface area contributed by atoms with Crippen molar-refractivity contribution in [3.63, 3.8) is 0 Å². The fourth-order valence-corrected chi connectivity index (χ4v) is 5.11. The molecule has 1 aromatic heterocycles. The highest BCUT2D eigenvalue weighted by atomic mass is 35.5. The number of carbonyl (C=O) groups is 2. The average molecular weight is 522 g/mol. The molecule has 1 aliphatic heterocycles. The quantitative estimate of drug-likeness (QED) is 0.468. The third-order valence-corrected chi connectivity index (χ3v) is 7.24. The maximum atomic E-state index is 13.6. The summed E-state index contributed by atoms with van der Waals surface area (Å²) >= 11 is 7.86. The Kier molecular flexibility index (Phi) is 9.44. The van der Waals surface area contributed by atoms with Crippen LogP contribution < -0.4 is 10.1 Å². The number of rotatable bonds is 9. The molecule has 0 fully saturated rings. The average Bonchev–Trinajstić information content (AvgIpc) is 3.27. The summed E-state index contributed by atoms with van der Waals surface area (Å²) in [5.41, 5.74) is 1.66. The number of amides is 3. The van der Waals surface area contributed by atoms with Crippen molar-refractivity contribution in [1.82, 2.24) is 15.1 Å². The summed E-state index contributed by atoms with van der Waals surface area (Å²) < 4.78 is 11.3. The van der Waals surface area contributed by atoms with Gasteiger partial charge in [-0.25, -0.2) is 4.79 Å². The summed E-state index contributed by atoms with van der Waals surface area (Å²) in [5.74, 6) is 0.622. The van der Waals surface area contributed by atoms with Crippen molar-refractivity contribution in [2.45, 2.75) is 52.1 Å². The number of nitrogens with zero attached hydrogens (tertiary/aromatic N) is 2. The van der Waals surface area contributed by atoms with E-state index in [1.54, 1.807) is 23.3 Å². The summed E-state index contributed by atoms with van der Waals surface area (Å²) in [7, 11) is 1.63. The Hall–Kier alpha value is -2.29. The lowest BCUT2D eigenvalue weighted by Gasteiger charge is -2.37. The first kappa shape index (κ1) is 27.3. The van der Waals surface area contributed by atoms with E-state index in [2.05, 4.69) is 16.8 Å². The second-order valence-electron chi connectivity index (χ2n) is 9.82. The van der Waals surface area contributed by atoms with Gasteiger partial charge in [0.25, 0.3) is 0 Å². The third kappa shape index (κ3) is 7.59. The van der Waals surface area contributed by atoms with Crippen molar-refractivity contribution in [2.24, 2.45) is 0 Å². The molecule has 2 aromatic rings. The Labute approximate surface area is 217 Å². The van der Waals surface area contributed by atoms with Gasteiger partial charge in [0, 0.05) is 42.2 Å². The Balaban J connectivity index is 1.76. The van der Waals surface area contributed by atoms with Gasteiger partial charge < -0.3 is 24.6 Å². The summed E-state index contributed by atoms with van der Waals surface area (Å²) in [5, 5.41) is 5.73. The number of ether oxygens (including phenoxy) is 2. The van der Waals surface area contributed by atoms with Crippen LogP contribution in [-0.4, -0.2) is 67.2 Å². The normalized spacial score (nSPS) is 15.5. The van der Waals surface area contributed by atoms with E-state index in [-0.39, 0.29) is 24.5 Å². The molecule has 192 valence electrons. The molecule has 1 atom stereocenters. The molecule has 3 amide bonds. The van der Waals surface area contributed by atoms with Crippen LogP contribution in [0.1, 0.15) is 49.2 Å².